The Balaban J connectivity index is 2.76. The number of rotatable bonds is 5. The third-order valence-electron chi connectivity index (χ3n) is 1.98. The quantitative estimate of drug-likeness (QED) is 0.472. The molecule has 0 atom stereocenters. The van der Waals surface area contributed by atoms with E-state index in [1.165, 1.54) is 13.2 Å². The summed E-state index contributed by atoms with van der Waals surface area (Å²) in [4.78, 5) is 21.1. The average Bonchev–Trinajstić information content (AvgIpc) is 2.30. The summed E-state index contributed by atoms with van der Waals surface area (Å²) in [6.45, 7) is -0.276. The predicted octanol–water partition coefficient (Wildman–Crippen LogP) is 2.05. The highest BCUT2D eigenvalue weighted by atomic mass is 79.9. The van der Waals surface area contributed by atoms with Gasteiger partial charge in [-0.3, -0.25) is 10.1 Å². The summed E-state index contributed by atoms with van der Waals surface area (Å²) in [5.74, 6) is -0.528. The lowest BCUT2D eigenvalue weighted by Crippen LogP contribution is -2.10. The van der Waals surface area contributed by atoms with Crippen LogP contribution in [-0.4, -0.2) is 24.6 Å². The Bertz CT molecular complexity index is 435. The molecule has 0 N–H and O–H groups in total. The summed E-state index contributed by atoms with van der Waals surface area (Å²) in [7, 11) is 1.24. The Morgan fingerprint density at radius 2 is 2.24 bits per heavy atom. The lowest BCUT2D eigenvalue weighted by Gasteiger charge is -2.06. The maximum absolute atomic E-state index is 10.8. The van der Waals surface area contributed by atoms with E-state index in [0.29, 0.717) is 10.0 Å². The van der Waals surface area contributed by atoms with Gasteiger partial charge in [-0.2, -0.15) is 0 Å². The third kappa shape index (κ3) is 3.79. The van der Waals surface area contributed by atoms with Crippen molar-refractivity contribution in [3.63, 3.8) is 0 Å². The standard InChI is InChI=1S/C10H10BrNO5/c1-16-10(13)6-17-5-7-8(11)3-2-4-9(7)12(14)15/h2-4H,5-6H2,1H3. The van der Waals surface area contributed by atoms with E-state index in [1.54, 1.807) is 12.1 Å². The number of methoxy groups -OCH3 is 1. The Morgan fingerprint density at radius 3 is 2.82 bits per heavy atom. The minimum atomic E-state index is -0.528. The van der Waals surface area contributed by atoms with Gasteiger partial charge in [-0.25, -0.2) is 4.79 Å². The molecule has 1 aromatic carbocycles. The van der Waals surface area contributed by atoms with Crippen LogP contribution in [0.25, 0.3) is 0 Å². The van der Waals surface area contributed by atoms with Crippen molar-refractivity contribution < 1.29 is 19.2 Å². The smallest absolute Gasteiger partial charge is 0.331 e. The molecule has 92 valence electrons. The number of nitrogens with zero attached hydrogens (tertiary/aromatic N) is 1. The van der Waals surface area contributed by atoms with Crippen molar-refractivity contribution in [3.8, 4) is 0 Å². The topological polar surface area (TPSA) is 78.7 Å². The Morgan fingerprint density at radius 1 is 1.53 bits per heavy atom. The fourth-order valence-corrected chi connectivity index (χ4v) is 1.63. The summed E-state index contributed by atoms with van der Waals surface area (Å²) < 4.78 is 9.99. The van der Waals surface area contributed by atoms with Gasteiger partial charge in [0.25, 0.3) is 5.69 Å². The van der Waals surface area contributed by atoms with E-state index < -0.39 is 10.9 Å². The van der Waals surface area contributed by atoms with Crippen LogP contribution in [0.15, 0.2) is 22.7 Å². The molecule has 1 aromatic rings. The molecule has 0 radical (unpaired) electrons. The number of halogens is 1. The molecular weight excluding hydrogens is 294 g/mol. The molecule has 6 nitrogen and oxygen atoms in total. The van der Waals surface area contributed by atoms with Crippen molar-refractivity contribution in [2.75, 3.05) is 13.7 Å². The van der Waals surface area contributed by atoms with Crippen molar-refractivity contribution in [1.82, 2.24) is 0 Å². The molecule has 0 unspecified atom stereocenters. The number of esters is 1. The SMILES string of the molecule is COC(=O)COCc1c(Br)cccc1[N+](=O)[O-]. The maximum atomic E-state index is 10.8. The van der Waals surface area contributed by atoms with E-state index in [2.05, 4.69) is 20.7 Å². The van der Waals surface area contributed by atoms with Crippen LogP contribution in [0.5, 0.6) is 0 Å². The van der Waals surface area contributed by atoms with Crippen molar-refractivity contribution in [2.24, 2.45) is 0 Å². The number of hydrogen-bond donors (Lipinski definition) is 0. The Hall–Kier alpha value is -1.47. The molecule has 0 aliphatic heterocycles. The molecule has 1 rings (SSSR count). The van der Waals surface area contributed by atoms with Gasteiger partial charge in [-0.15, -0.1) is 0 Å². The van der Waals surface area contributed by atoms with Crippen LogP contribution < -0.4 is 0 Å². The van der Waals surface area contributed by atoms with Gasteiger partial charge in [0.05, 0.1) is 24.2 Å². The molecule has 0 fully saturated rings. The summed E-state index contributed by atoms with van der Waals surface area (Å²) in [6, 6.07) is 4.61. The first-order valence-electron chi connectivity index (χ1n) is 4.62. The van der Waals surface area contributed by atoms with Gasteiger partial charge in [-0.05, 0) is 6.07 Å². The first kappa shape index (κ1) is 13.6. The molecule has 0 aliphatic rings. The monoisotopic (exact) mass is 303 g/mol. The largest absolute Gasteiger partial charge is 0.467 e. The third-order valence-corrected chi connectivity index (χ3v) is 2.73. The first-order valence-corrected chi connectivity index (χ1v) is 5.42. The van der Waals surface area contributed by atoms with E-state index in [-0.39, 0.29) is 18.9 Å². The summed E-state index contributed by atoms with van der Waals surface area (Å²) in [6.07, 6.45) is 0. The molecule has 0 saturated carbocycles. The Labute approximate surface area is 106 Å². The fraction of sp³-hybridized carbons (Fsp3) is 0.300. The van der Waals surface area contributed by atoms with Crippen LogP contribution in [0.2, 0.25) is 0 Å². The highest BCUT2D eigenvalue weighted by Crippen LogP contribution is 2.27. The molecule has 0 aliphatic carbocycles. The second-order valence-electron chi connectivity index (χ2n) is 3.06. The molecule has 0 aromatic heterocycles. The van der Waals surface area contributed by atoms with Crippen LogP contribution in [0.4, 0.5) is 5.69 Å². The van der Waals surface area contributed by atoms with Gasteiger partial charge < -0.3 is 9.47 Å². The minimum absolute atomic E-state index is 0.0349. The van der Waals surface area contributed by atoms with Gasteiger partial charge in [-0.1, -0.05) is 22.0 Å². The van der Waals surface area contributed by atoms with E-state index in [9.17, 15) is 14.9 Å². The summed E-state index contributed by atoms with van der Waals surface area (Å²) in [5, 5.41) is 10.8. The molecular formula is C10H10BrNO5. The lowest BCUT2D eigenvalue weighted by atomic mass is 10.2. The number of benzene rings is 1. The van der Waals surface area contributed by atoms with E-state index in [4.69, 9.17) is 4.74 Å². The second-order valence-corrected chi connectivity index (χ2v) is 3.92. The number of ether oxygens (including phenoxy) is 2. The van der Waals surface area contributed by atoms with Crippen molar-refractivity contribution in [3.05, 3.63) is 38.3 Å². The summed E-state index contributed by atoms with van der Waals surface area (Å²) in [5.41, 5.74) is 0.339. The average molecular weight is 304 g/mol. The minimum Gasteiger partial charge on any atom is -0.467 e. The highest BCUT2D eigenvalue weighted by Gasteiger charge is 2.16. The van der Waals surface area contributed by atoms with Gasteiger partial charge in [0, 0.05) is 10.5 Å². The molecule has 17 heavy (non-hydrogen) atoms. The summed E-state index contributed by atoms with van der Waals surface area (Å²) >= 11 is 3.20. The molecule has 0 amide bonds. The van der Waals surface area contributed by atoms with Crippen LogP contribution in [0.1, 0.15) is 5.56 Å². The molecule has 0 spiro atoms. The first-order chi connectivity index (χ1) is 8.06. The fourth-order valence-electron chi connectivity index (χ4n) is 1.16. The van der Waals surface area contributed by atoms with Crippen LogP contribution >= 0.6 is 15.9 Å². The Kier molecular flexibility index (Phi) is 5.05. The van der Waals surface area contributed by atoms with Crippen LogP contribution in [0.3, 0.4) is 0 Å². The molecule has 7 heteroatoms. The van der Waals surface area contributed by atoms with Crippen LogP contribution in [-0.2, 0) is 20.9 Å². The van der Waals surface area contributed by atoms with Gasteiger partial charge in [0.2, 0.25) is 0 Å². The molecule has 0 heterocycles. The van der Waals surface area contributed by atoms with E-state index >= 15 is 0 Å². The highest BCUT2D eigenvalue weighted by molar-refractivity contribution is 9.10. The van der Waals surface area contributed by atoms with E-state index in [0.717, 1.165) is 0 Å². The molecule has 0 saturated heterocycles. The zero-order valence-corrected chi connectivity index (χ0v) is 10.6. The normalized spacial score (nSPS) is 10.0. The lowest BCUT2D eigenvalue weighted by molar-refractivity contribution is -0.386. The number of carbonyl (C=O) groups is 1. The predicted molar refractivity (Wildman–Crippen MR) is 62.5 cm³/mol. The zero-order valence-electron chi connectivity index (χ0n) is 9.01. The van der Waals surface area contributed by atoms with Crippen molar-refractivity contribution in [2.45, 2.75) is 6.61 Å². The number of nitro benzene ring substituents is 1. The zero-order chi connectivity index (χ0) is 12.8. The molecule has 0 bridgehead atoms. The van der Waals surface area contributed by atoms with Gasteiger partial charge >= 0.3 is 5.97 Å². The van der Waals surface area contributed by atoms with Crippen molar-refractivity contribution in [1.29, 1.82) is 0 Å². The van der Waals surface area contributed by atoms with Crippen LogP contribution in [0, 0.1) is 10.1 Å². The van der Waals surface area contributed by atoms with Crippen molar-refractivity contribution >= 4 is 27.6 Å². The van der Waals surface area contributed by atoms with Gasteiger partial charge in [0.1, 0.15) is 6.61 Å². The number of hydrogen-bond acceptors (Lipinski definition) is 5. The number of carbonyl (C=O) groups excluding carboxylic acids is 1. The number of nitro groups is 1. The van der Waals surface area contributed by atoms with Gasteiger partial charge in [0.15, 0.2) is 0 Å². The maximum Gasteiger partial charge on any atom is 0.331 e. The van der Waals surface area contributed by atoms with E-state index in [1.807, 2.05) is 0 Å². The second kappa shape index (κ2) is 6.31.